The molecule has 1 heterocycles. The van der Waals surface area contributed by atoms with Crippen LogP contribution in [0.5, 0.6) is 5.75 Å². The Morgan fingerprint density at radius 2 is 1.70 bits per heavy atom. The monoisotopic (exact) mass is 396 g/mol. The zero-order chi connectivity index (χ0) is 18.8. The van der Waals surface area contributed by atoms with Crippen molar-refractivity contribution in [1.82, 2.24) is 0 Å². The molecule has 4 rings (SSSR count). The van der Waals surface area contributed by atoms with Gasteiger partial charge in [0.1, 0.15) is 24.2 Å². The summed E-state index contributed by atoms with van der Waals surface area (Å²) < 4.78 is 11.5. The molecule has 5 heteroatoms. The van der Waals surface area contributed by atoms with Gasteiger partial charge in [-0.3, -0.25) is 4.79 Å². The lowest BCUT2D eigenvalue weighted by molar-refractivity contribution is 0.306. The van der Waals surface area contributed by atoms with Crippen LogP contribution in [0.4, 0.5) is 0 Å². The fourth-order valence-corrected chi connectivity index (χ4v) is 3.12. The first kappa shape index (κ1) is 17.7. The summed E-state index contributed by atoms with van der Waals surface area (Å²) in [5.74, 6) is 0.602. The molecule has 0 aliphatic carbocycles. The molecular formula is C22H14Cl2O3. The highest BCUT2D eigenvalue weighted by molar-refractivity contribution is 6.31. The van der Waals surface area contributed by atoms with E-state index in [0.717, 1.165) is 11.1 Å². The second-order valence-electron chi connectivity index (χ2n) is 6.02. The first-order valence-corrected chi connectivity index (χ1v) is 9.05. The van der Waals surface area contributed by atoms with E-state index in [0.29, 0.717) is 38.9 Å². The predicted molar refractivity (Wildman–Crippen MR) is 109 cm³/mol. The molecule has 0 bridgehead atoms. The smallest absolute Gasteiger partial charge is 0.200 e. The molecule has 0 N–H and O–H groups in total. The third-order valence-electron chi connectivity index (χ3n) is 4.25. The van der Waals surface area contributed by atoms with Gasteiger partial charge in [-0.1, -0.05) is 53.5 Å². The van der Waals surface area contributed by atoms with Gasteiger partial charge in [0.25, 0.3) is 0 Å². The van der Waals surface area contributed by atoms with Crippen molar-refractivity contribution >= 4 is 34.2 Å². The number of fused-ring (bicyclic) bond motifs is 1. The standard InChI is InChI=1S/C22H14Cl2O3/c23-16-7-5-14(6-8-16)19-13-27-21-11-17(9-10-18(21)22(19)25)26-12-15-3-1-2-4-20(15)24/h1-11,13H,12H2. The molecule has 0 aliphatic heterocycles. The van der Waals surface area contributed by atoms with Crippen molar-refractivity contribution in [2.75, 3.05) is 0 Å². The minimum atomic E-state index is -0.101. The number of halogens is 2. The summed E-state index contributed by atoms with van der Waals surface area (Å²) >= 11 is 12.1. The lowest BCUT2D eigenvalue weighted by Crippen LogP contribution is -2.05. The van der Waals surface area contributed by atoms with Crippen LogP contribution < -0.4 is 10.2 Å². The molecular weight excluding hydrogens is 383 g/mol. The van der Waals surface area contributed by atoms with Crippen LogP contribution in [0, 0.1) is 0 Å². The summed E-state index contributed by atoms with van der Waals surface area (Å²) in [6, 6.07) is 19.7. The SMILES string of the molecule is O=c1c(-c2ccc(Cl)cc2)coc2cc(OCc3ccccc3Cl)ccc12. The number of hydrogen-bond acceptors (Lipinski definition) is 3. The minimum Gasteiger partial charge on any atom is -0.489 e. The van der Waals surface area contributed by atoms with E-state index >= 15 is 0 Å². The van der Waals surface area contributed by atoms with E-state index in [1.54, 1.807) is 42.5 Å². The fourth-order valence-electron chi connectivity index (χ4n) is 2.80. The van der Waals surface area contributed by atoms with E-state index in [4.69, 9.17) is 32.4 Å². The summed E-state index contributed by atoms with van der Waals surface area (Å²) in [6.45, 7) is 0.332. The zero-order valence-corrected chi connectivity index (χ0v) is 15.6. The van der Waals surface area contributed by atoms with E-state index in [9.17, 15) is 4.79 Å². The van der Waals surface area contributed by atoms with Gasteiger partial charge in [-0.15, -0.1) is 0 Å². The Balaban J connectivity index is 1.64. The molecule has 4 aromatic rings. The first-order chi connectivity index (χ1) is 13.1. The quantitative estimate of drug-likeness (QED) is 0.403. The van der Waals surface area contributed by atoms with Crippen LogP contribution in [0.2, 0.25) is 10.0 Å². The average Bonchev–Trinajstić information content (AvgIpc) is 2.68. The van der Waals surface area contributed by atoms with Crippen LogP contribution in [-0.4, -0.2) is 0 Å². The zero-order valence-electron chi connectivity index (χ0n) is 14.1. The van der Waals surface area contributed by atoms with Crippen molar-refractivity contribution in [2.24, 2.45) is 0 Å². The molecule has 27 heavy (non-hydrogen) atoms. The third kappa shape index (κ3) is 3.70. The van der Waals surface area contributed by atoms with Gasteiger partial charge in [0.2, 0.25) is 0 Å². The van der Waals surface area contributed by atoms with E-state index < -0.39 is 0 Å². The topological polar surface area (TPSA) is 39.4 Å². The average molecular weight is 397 g/mol. The summed E-state index contributed by atoms with van der Waals surface area (Å²) in [4.78, 5) is 12.8. The Labute approximate surface area is 165 Å². The van der Waals surface area contributed by atoms with Crippen molar-refractivity contribution in [3.8, 4) is 16.9 Å². The molecule has 3 aromatic carbocycles. The van der Waals surface area contributed by atoms with E-state index in [1.165, 1.54) is 6.26 Å². The largest absolute Gasteiger partial charge is 0.489 e. The molecule has 0 aliphatic rings. The van der Waals surface area contributed by atoms with Gasteiger partial charge in [0.15, 0.2) is 5.43 Å². The molecule has 0 unspecified atom stereocenters. The summed E-state index contributed by atoms with van der Waals surface area (Å²) in [5.41, 5.74) is 2.50. The van der Waals surface area contributed by atoms with Crippen LogP contribution in [0.15, 0.2) is 82.2 Å². The highest BCUT2D eigenvalue weighted by Gasteiger charge is 2.10. The van der Waals surface area contributed by atoms with Crippen molar-refractivity contribution < 1.29 is 9.15 Å². The van der Waals surface area contributed by atoms with E-state index in [-0.39, 0.29) is 5.43 Å². The summed E-state index contributed by atoms with van der Waals surface area (Å²) in [7, 11) is 0. The minimum absolute atomic E-state index is 0.101. The van der Waals surface area contributed by atoms with Gasteiger partial charge in [0.05, 0.1) is 10.9 Å². The number of hydrogen-bond donors (Lipinski definition) is 0. The molecule has 0 atom stereocenters. The van der Waals surface area contributed by atoms with Gasteiger partial charge >= 0.3 is 0 Å². The van der Waals surface area contributed by atoms with E-state index in [2.05, 4.69) is 0 Å². The molecule has 0 saturated carbocycles. The molecule has 0 spiro atoms. The third-order valence-corrected chi connectivity index (χ3v) is 4.87. The Morgan fingerprint density at radius 1 is 0.926 bits per heavy atom. The Morgan fingerprint density at radius 3 is 2.48 bits per heavy atom. The van der Waals surface area contributed by atoms with E-state index in [1.807, 2.05) is 24.3 Å². The normalized spacial score (nSPS) is 10.9. The Bertz CT molecular complexity index is 1160. The Kier molecular flexibility index (Phi) is 4.88. The van der Waals surface area contributed by atoms with Crippen LogP contribution in [0.1, 0.15) is 5.56 Å². The van der Waals surface area contributed by atoms with Crippen molar-refractivity contribution in [3.05, 3.63) is 98.8 Å². The Hall–Kier alpha value is -2.75. The molecule has 1 aromatic heterocycles. The number of ether oxygens (including phenoxy) is 1. The van der Waals surface area contributed by atoms with Crippen molar-refractivity contribution in [3.63, 3.8) is 0 Å². The molecule has 0 amide bonds. The van der Waals surface area contributed by atoms with Gasteiger partial charge in [0, 0.05) is 21.7 Å². The maximum Gasteiger partial charge on any atom is 0.200 e. The lowest BCUT2D eigenvalue weighted by atomic mass is 10.1. The molecule has 3 nitrogen and oxygen atoms in total. The van der Waals surface area contributed by atoms with Gasteiger partial charge in [-0.05, 0) is 35.9 Å². The molecule has 0 saturated heterocycles. The fraction of sp³-hybridized carbons (Fsp3) is 0.0455. The van der Waals surface area contributed by atoms with Gasteiger partial charge in [-0.25, -0.2) is 0 Å². The van der Waals surface area contributed by atoms with Gasteiger partial charge < -0.3 is 9.15 Å². The van der Waals surface area contributed by atoms with Crippen LogP contribution in [-0.2, 0) is 6.61 Å². The van der Waals surface area contributed by atoms with Gasteiger partial charge in [-0.2, -0.15) is 0 Å². The van der Waals surface area contributed by atoms with Crippen LogP contribution >= 0.6 is 23.2 Å². The molecule has 0 fully saturated rings. The number of benzene rings is 3. The first-order valence-electron chi connectivity index (χ1n) is 8.29. The summed E-state index contributed by atoms with van der Waals surface area (Å²) in [5, 5.41) is 1.76. The highest BCUT2D eigenvalue weighted by atomic mass is 35.5. The maximum atomic E-state index is 12.8. The lowest BCUT2D eigenvalue weighted by Gasteiger charge is -2.09. The van der Waals surface area contributed by atoms with Crippen molar-refractivity contribution in [1.29, 1.82) is 0 Å². The second-order valence-corrected chi connectivity index (χ2v) is 6.87. The highest BCUT2D eigenvalue weighted by Crippen LogP contribution is 2.25. The number of rotatable bonds is 4. The molecule has 134 valence electrons. The van der Waals surface area contributed by atoms with Crippen LogP contribution in [0.3, 0.4) is 0 Å². The molecule has 0 radical (unpaired) electrons. The second kappa shape index (κ2) is 7.47. The summed E-state index contributed by atoms with van der Waals surface area (Å²) in [6.07, 6.45) is 1.46. The predicted octanol–water partition coefficient (Wildman–Crippen LogP) is 6.35. The van der Waals surface area contributed by atoms with Crippen LogP contribution in [0.25, 0.3) is 22.1 Å². The maximum absolute atomic E-state index is 12.8. The van der Waals surface area contributed by atoms with Crippen molar-refractivity contribution in [2.45, 2.75) is 6.61 Å².